The third-order valence-electron chi connectivity index (χ3n) is 8.49. The molecule has 1 aliphatic carbocycles. The van der Waals surface area contributed by atoms with E-state index in [2.05, 4.69) is 0 Å². The first-order valence-corrected chi connectivity index (χ1v) is 14.3. The van der Waals surface area contributed by atoms with Gasteiger partial charge in [0.05, 0.1) is 0 Å². The fraction of sp³-hybridized carbons (Fsp3) is 0.538. The van der Waals surface area contributed by atoms with E-state index in [4.69, 9.17) is 24.7 Å². The Labute approximate surface area is 225 Å². The SMILES string of the molecule is CCC1([Se]c2ccccc2)C(=O)C2=C(C(=O)C13OCCO3)[C@@H](COC(N)=O)[C@@]1(OC)[C@@H]3[C@H](CN21)N3C(C)=O. The van der Waals surface area contributed by atoms with Crippen molar-refractivity contribution in [2.45, 2.75) is 48.2 Å². The van der Waals surface area contributed by atoms with Crippen molar-refractivity contribution in [1.29, 1.82) is 0 Å². The van der Waals surface area contributed by atoms with Crippen molar-refractivity contribution in [2.75, 3.05) is 33.5 Å². The number of ether oxygens (including phenoxy) is 4. The summed E-state index contributed by atoms with van der Waals surface area (Å²) in [5.41, 5.74) is 4.44. The van der Waals surface area contributed by atoms with Crippen molar-refractivity contribution >= 4 is 43.0 Å². The second-order valence-electron chi connectivity index (χ2n) is 10.0. The van der Waals surface area contributed by atoms with Gasteiger partial charge in [-0.25, -0.2) is 0 Å². The number of amides is 2. The molecule has 5 aliphatic rings. The Hall–Kier alpha value is -2.76. The number of primary amides is 1. The molecule has 3 fully saturated rings. The monoisotopic (exact) mass is 591 g/mol. The molecule has 1 unspecified atom stereocenters. The summed E-state index contributed by atoms with van der Waals surface area (Å²) in [6, 6.07) is 8.97. The van der Waals surface area contributed by atoms with Gasteiger partial charge in [0.2, 0.25) is 0 Å². The maximum absolute atomic E-state index is 14.8. The van der Waals surface area contributed by atoms with Crippen LogP contribution in [0.4, 0.5) is 4.79 Å². The van der Waals surface area contributed by atoms with E-state index in [0.717, 1.165) is 4.46 Å². The summed E-state index contributed by atoms with van der Waals surface area (Å²) >= 11 is -0.537. The summed E-state index contributed by atoms with van der Waals surface area (Å²) < 4.78 is 23.3. The number of nitrogens with zero attached hydrogens (tertiary/aromatic N) is 2. The maximum atomic E-state index is 14.8. The van der Waals surface area contributed by atoms with Crippen LogP contribution in [0.2, 0.25) is 4.31 Å². The van der Waals surface area contributed by atoms with Crippen LogP contribution in [0.5, 0.6) is 0 Å². The summed E-state index contributed by atoms with van der Waals surface area (Å²) in [7, 11) is 1.48. The van der Waals surface area contributed by atoms with Gasteiger partial charge in [0.1, 0.15) is 0 Å². The fourth-order valence-electron chi connectivity index (χ4n) is 7.04. The number of carbonyl (C=O) groups is 4. The van der Waals surface area contributed by atoms with Crippen LogP contribution in [-0.2, 0) is 33.3 Å². The summed E-state index contributed by atoms with van der Waals surface area (Å²) in [6.45, 7) is 3.69. The molecule has 0 radical (unpaired) electrons. The fourth-order valence-corrected chi connectivity index (χ4v) is 9.92. The van der Waals surface area contributed by atoms with Gasteiger partial charge in [-0.15, -0.1) is 0 Å². The van der Waals surface area contributed by atoms with Crippen LogP contribution < -0.4 is 10.2 Å². The van der Waals surface area contributed by atoms with Gasteiger partial charge >= 0.3 is 226 Å². The van der Waals surface area contributed by atoms with E-state index >= 15 is 0 Å². The molecule has 5 atom stereocenters. The molecule has 6 rings (SSSR count). The third kappa shape index (κ3) is 3.00. The molecule has 0 bridgehead atoms. The second kappa shape index (κ2) is 8.62. The number of hydrogen-bond donors (Lipinski definition) is 1. The number of nitrogens with two attached hydrogens (primary N) is 1. The van der Waals surface area contributed by atoms with E-state index in [0.29, 0.717) is 13.0 Å². The van der Waals surface area contributed by atoms with Gasteiger partial charge in [0.15, 0.2) is 0 Å². The third-order valence-corrected chi connectivity index (χ3v) is 11.8. The molecular weight excluding hydrogens is 561 g/mol. The van der Waals surface area contributed by atoms with E-state index in [1.54, 1.807) is 4.90 Å². The van der Waals surface area contributed by atoms with Gasteiger partial charge in [-0.3, -0.25) is 0 Å². The Balaban J connectivity index is 1.54. The van der Waals surface area contributed by atoms with Crippen LogP contribution in [0.25, 0.3) is 0 Å². The molecule has 4 aliphatic heterocycles. The van der Waals surface area contributed by atoms with Gasteiger partial charge in [-0.05, 0) is 0 Å². The number of methoxy groups -OCH3 is 1. The number of allylic oxidation sites excluding steroid dienone is 1. The Morgan fingerprint density at radius 2 is 1.84 bits per heavy atom. The van der Waals surface area contributed by atoms with E-state index in [1.165, 1.54) is 14.0 Å². The standard InChI is InChI=1S/C26H29N3O8Se/c1-4-24(38-15-8-6-5-7-9-15)22(32)19-18(21(31)26(24)36-10-11-37-26)16(13-35-23(27)33)25(34-3)20-17(12-28(19)25)29(20)14(2)30/h5-9,16-17,20H,4,10-13H2,1-3H3,(H2,27,33)/t16-,17+,20+,24?,25-,29?/m1/s1. The van der Waals surface area contributed by atoms with Gasteiger partial charge in [0, 0.05) is 0 Å². The molecule has 12 heteroatoms. The number of rotatable bonds is 6. The molecule has 202 valence electrons. The molecule has 3 saturated heterocycles. The first kappa shape index (κ1) is 25.5. The number of hydrogen-bond acceptors (Lipinski definition) is 9. The molecule has 2 amide bonds. The normalized spacial score (nSPS) is 34.4. The summed E-state index contributed by atoms with van der Waals surface area (Å²) in [5.74, 6) is -3.54. The Bertz CT molecular complexity index is 1260. The molecule has 1 aromatic rings. The van der Waals surface area contributed by atoms with Crippen molar-refractivity contribution in [3.8, 4) is 0 Å². The average Bonchev–Trinajstić information content (AvgIpc) is 3.19. The molecule has 11 nitrogen and oxygen atoms in total. The molecule has 0 saturated carbocycles. The van der Waals surface area contributed by atoms with Gasteiger partial charge in [-0.1, -0.05) is 0 Å². The van der Waals surface area contributed by atoms with E-state index in [-0.39, 0.29) is 48.8 Å². The van der Waals surface area contributed by atoms with Crippen molar-refractivity contribution in [3.05, 3.63) is 41.6 Å². The summed E-state index contributed by atoms with van der Waals surface area (Å²) in [5, 5.41) is 0. The molecule has 2 N–H and O–H groups in total. The quantitative estimate of drug-likeness (QED) is 0.350. The zero-order chi connectivity index (χ0) is 27.0. The number of carbonyl (C=O) groups excluding carboxylic acids is 4. The van der Waals surface area contributed by atoms with Crippen molar-refractivity contribution in [1.82, 2.24) is 9.80 Å². The van der Waals surface area contributed by atoms with Crippen molar-refractivity contribution in [2.24, 2.45) is 11.7 Å². The van der Waals surface area contributed by atoms with Crippen molar-refractivity contribution in [3.63, 3.8) is 0 Å². The van der Waals surface area contributed by atoms with Crippen LogP contribution in [0.3, 0.4) is 0 Å². The molecule has 4 heterocycles. The number of benzene rings is 1. The van der Waals surface area contributed by atoms with E-state index in [9.17, 15) is 19.2 Å². The van der Waals surface area contributed by atoms with Gasteiger partial charge in [0.25, 0.3) is 0 Å². The average molecular weight is 590 g/mol. The Kier molecular flexibility index (Phi) is 5.79. The van der Waals surface area contributed by atoms with Crippen LogP contribution in [0.1, 0.15) is 20.3 Å². The van der Waals surface area contributed by atoms with E-state index < -0.39 is 54.6 Å². The zero-order valence-corrected chi connectivity index (χ0v) is 23.0. The number of ketones is 2. The van der Waals surface area contributed by atoms with Gasteiger partial charge < -0.3 is 0 Å². The summed E-state index contributed by atoms with van der Waals surface area (Å²) in [4.78, 5) is 57.0. The Morgan fingerprint density at radius 3 is 2.42 bits per heavy atom. The minimum atomic E-state index is -1.81. The molecule has 1 aromatic carbocycles. The zero-order valence-electron chi connectivity index (χ0n) is 21.3. The topological polar surface area (TPSA) is 137 Å². The molecule has 38 heavy (non-hydrogen) atoms. The molecule has 1 spiro atoms. The second-order valence-corrected chi connectivity index (χ2v) is 12.9. The predicted octanol–water partition coefficient (Wildman–Crippen LogP) is -0.283. The van der Waals surface area contributed by atoms with Crippen LogP contribution in [0.15, 0.2) is 41.6 Å². The number of fused-ring (bicyclic) bond motifs is 4. The first-order chi connectivity index (χ1) is 18.2. The van der Waals surface area contributed by atoms with Crippen LogP contribution >= 0.6 is 0 Å². The molecule has 0 aromatic heterocycles. The number of Topliss-reactive ketones (excluding diaryl/α,β-unsaturated/α-hetero) is 2. The van der Waals surface area contributed by atoms with E-state index in [1.807, 2.05) is 42.2 Å². The molecular formula is C26H29N3O8Se. The first-order valence-electron chi connectivity index (χ1n) is 12.6. The van der Waals surface area contributed by atoms with Crippen LogP contribution in [-0.4, -0.2) is 105 Å². The van der Waals surface area contributed by atoms with Crippen molar-refractivity contribution < 1.29 is 38.1 Å². The minimum absolute atomic E-state index is 0.137. The van der Waals surface area contributed by atoms with Crippen LogP contribution in [0, 0.1) is 5.92 Å². The summed E-state index contributed by atoms with van der Waals surface area (Å²) in [6.07, 6.45) is -0.704. The Morgan fingerprint density at radius 1 is 1.16 bits per heavy atom. The number of piperazine rings is 1. The predicted molar refractivity (Wildman–Crippen MR) is 132 cm³/mol. The van der Waals surface area contributed by atoms with Gasteiger partial charge in [-0.2, -0.15) is 0 Å².